The Labute approximate surface area is 380 Å². The van der Waals surface area contributed by atoms with Crippen LogP contribution in [0.5, 0.6) is 0 Å². The number of rotatable bonds is 50. The highest BCUT2D eigenvalue weighted by Gasteiger charge is 2.19. The van der Waals surface area contributed by atoms with Crippen LogP contribution in [-0.4, -0.2) is 37.2 Å². The van der Waals surface area contributed by atoms with Gasteiger partial charge in [0.05, 0.1) is 0 Å². The quantitative estimate of drug-likeness (QED) is 0.0344. The van der Waals surface area contributed by atoms with E-state index in [-0.39, 0.29) is 31.1 Å². The van der Waals surface area contributed by atoms with Crippen LogP contribution in [-0.2, 0) is 28.6 Å². The van der Waals surface area contributed by atoms with E-state index >= 15 is 0 Å². The Balaban J connectivity index is 4.29. The van der Waals surface area contributed by atoms with Crippen molar-refractivity contribution < 1.29 is 28.6 Å². The minimum atomic E-state index is -0.761. The average Bonchev–Trinajstić information content (AvgIpc) is 3.26. The zero-order valence-electron chi connectivity index (χ0n) is 41.6. The van der Waals surface area contributed by atoms with Crippen molar-refractivity contribution in [3.8, 4) is 0 Å². The van der Waals surface area contributed by atoms with E-state index in [0.29, 0.717) is 19.3 Å². The predicted octanol–water partition coefficient (Wildman–Crippen LogP) is 17.8. The summed E-state index contributed by atoms with van der Waals surface area (Å²) in [5.41, 5.74) is 0. The highest BCUT2D eigenvalue weighted by atomic mass is 16.6. The summed E-state index contributed by atoms with van der Waals surface area (Å²) in [6.45, 7) is 9.05. The Morgan fingerprint density at radius 1 is 0.328 bits per heavy atom. The molecular weight excluding hydrogens is 757 g/mol. The molecule has 1 unspecified atom stereocenters. The van der Waals surface area contributed by atoms with Gasteiger partial charge in [-0.1, -0.05) is 272 Å². The lowest BCUT2D eigenvalue weighted by Crippen LogP contribution is -2.30. The molecule has 0 saturated heterocycles. The van der Waals surface area contributed by atoms with Gasteiger partial charge in [-0.2, -0.15) is 0 Å². The lowest BCUT2D eigenvalue weighted by atomic mass is 9.99. The van der Waals surface area contributed by atoms with E-state index in [4.69, 9.17) is 14.2 Å². The molecule has 0 spiro atoms. The summed E-state index contributed by atoms with van der Waals surface area (Å²) in [6, 6.07) is 0. The first-order valence-corrected chi connectivity index (χ1v) is 27.4. The lowest BCUT2D eigenvalue weighted by Gasteiger charge is -2.18. The fraction of sp³-hybridized carbons (Fsp3) is 0.945. The van der Waals surface area contributed by atoms with Crippen LogP contribution in [0.1, 0.15) is 310 Å². The van der Waals surface area contributed by atoms with E-state index in [1.807, 2.05) is 0 Å². The largest absolute Gasteiger partial charge is 0.462 e. The number of hydrogen-bond acceptors (Lipinski definition) is 6. The summed E-state index contributed by atoms with van der Waals surface area (Å²) >= 11 is 0. The van der Waals surface area contributed by atoms with Crippen LogP contribution in [0.4, 0.5) is 0 Å². The monoisotopic (exact) mass is 863 g/mol. The number of hydrogen-bond donors (Lipinski definition) is 0. The van der Waals surface area contributed by atoms with E-state index < -0.39 is 6.10 Å². The average molecular weight is 863 g/mol. The number of carbonyl (C=O) groups excluding carboxylic acids is 3. The summed E-state index contributed by atoms with van der Waals surface area (Å²) in [5.74, 6) is 0.00648. The molecule has 0 aromatic rings. The Morgan fingerprint density at radius 2 is 0.574 bits per heavy atom. The second kappa shape index (κ2) is 49.4. The maximum Gasteiger partial charge on any atom is 0.306 e. The zero-order chi connectivity index (χ0) is 44.5. The maximum atomic E-state index is 12.8. The van der Waals surface area contributed by atoms with Gasteiger partial charge in [-0.15, -0.1) is 0 Å². The predicted molar refractivity (Wildman–Crippen MR) is 261 cm³/mol. The topological polar surface area (TPSA) is 78.9 Å². The highest BCUT2D eigenvalue weighted by Crippen LogP contribution is 2.18. The summed E-state index contributed by atoms with van der Waals surface area (Å²) in [6.07, 6.45) is 52.3. The standard InChI is InChI=1S/C55H106O6/c1-5-8-10-12-14-16-18-20-22-23-24-26-27-29-34-38-42-46-53(56)59-49-52(50-60-54(57)47-43-39-35-32-31-33-37-41-45-51(4)7-3)61-55(58)48-44-40-36-30-28-25-21-19-17-15-13-11-9-6-2/h51-52H,5-50H2,1-4H3/t51?,52-/m0/s1. The van der Waals surface area contributed by atoms with Gasteiger partial charge >= 0.3 is 17.9 Å². The summed E-state index contributed by atoms with van der Waals surface area (Å²) in [5, 5.41) is 0. The molecule has 0 radical (unpaired) electrons. The molecule has 0 fully saturated rings. The van der Waals surface area contributed by atoms with E-state index in [1.54, 1.807) is 0 Å². The van der Waals surface area contributed by atoms with Gasteiger partial charge in [-0.25, -0.2) is 0 Å². The molecule has 0 aromatic carbocycles. The molecule has 0 aromatic heterocycles. The Bertz CT molecular complexity index is 920. The van der Waals surface area contributed by atoms with Gasteiger partial charge in [0.25, 0.3) is 0 Å². The first kappa shape index (κ1) is 59.4. The molecule has 0 amide bonds. The summed E-state index contributed by atoms with van der Waals surface area (Å²) < 4.78 is 16.8. The number of carbonyl (C=O) groups is 3. The number of ether oxygens (including phenoxy) is 3. The van der Waals surface area contributed by atoms with Crippen LogP contribution >= 0.6 is 0 Å². The Hall–Kier alpha value is -1.59. The molecule has 0 aliphatic heterocycles. The molecule has 0 bridgehead atoms. The second-order valence-electron chi connectivity index (χ2n) is 19.1. The molecule has 362 valence electrons. The van der Waals surface area contributed by atoms with Crippen molar-refractivity contribution in [2.45, 2.75) is 316 Å². The SMILES string of the molecule is CCCCCCCCCCCCCCCCCCCC(=O)OC[C@@H](COC(=O)CCCCCCCCCCC(C)CC)OC(=O)CCCCCCCCCCCCCCCC. The van der Waals surface area contributed by atoms with E-state index in [0.717, 1.165) is 63.7 Å². The van der Waals surface area contributed by atoms with E-state index in [2.05, 4.69) is 27.7 Å². The second-order valence-corrected chi connectivity index (χ2v) is 19.1. The Morgan fingerprint density at radius 3 is 0.852 bits per heavy atom. The van der Waals surface area contributed by atoms with E-state index in [9.17, 15) is 14.4 Å². The van der Waals surface area contributed by atoms with Gasteiger partial charge in [0.1, 0.15) is 13.2 Å². The molecule has 0 saturated carbocycles. The van der Waals surface area contributed by atoms with E-state index in [1.165, 1.54) is 205 Å². The van der Waals surface area contributed by atoms with Gasteiger partial charge in [0.15, 0.2) is 6.10 Å². The van der Waals surface area contributed by atoms with Crippen LogP contribution in [0.15, 0.2) is 0 Å². The van der Waals surface area contributed by atoms with Gasteiger partial charge in [0.2, 0.25) is 0 Å². The van der Waals surface area contributed by atoms with Crippen LogP contribution in [0.2, 0.25) is 0 Å². The summed E-state index contributed by atoms with van der Waals surface area (Å²) in [4.78, 5) is 38.0. The molecule has 6 nitrogen and oxygen atoms in total. The first-order valence-electron chi connectivity index (χ1n) is 27.4. The molecule has 61 heavy (non-hydrogen) atoms. The molecule has 0 rings (SSSR count). The summed E-state index contributed by atoms with van der Waals surface area (Å²) in [7, 11) is 0. The minimum absolute atomic E-state index is 0.0626. The van der Waals surface area contributed by atoms with Crippen molar-refractivity contribution in [3.05, 3.63) is 0 Å². The van der Waals surface area contributed by atoms with Crippen LogP contribution < -0.4 is 0 Å². The molecule has 0 N–H and O–H groups in total. The van der Waals surface area contributed by atoms with Crippen molar-refractivity contribution in [1.29, 1.82) is 0 Å². The van der Waals surface area contributed by atoms with Crippen molar-refractivity contribution in [2.75, 3.05) is 13.2 Å². The fourth-order valence-corrected chi connectivity index (χ4v) is 8.36. The fourth-order valence-electron chi connectivity index (χ4n) is 8.36. The normalized spacial score (nSPS) is 12.4. The zero-order valence-corrected chi connectivity index (χ0v) is 41.6. The first-order chi connectivity index (χ1) is 29.9. The molecule has 0 aliphatic rings. The minimum Gasteiger partial charge on any atom is -0.462 e. The third kappa shape index (κ3) is 47.7. The Kier molecular flexibility index (Phi) is 48.1. The van der Waals surface area contributed by atoms with Gasteiger partial charge in [-0.05, 0) is 25.2 Å². The third-order valence-corrected chi connectivity index (χ3v) is 12.9. The van der Waals surface area contributed by atoms with Crippen molar-refractivity contribution in [3.63, 3.8) is 0 Å². The van der Waals surface area contributed by atoms with Crippen LogP contribution in [0.3, 0.4) is 0 Å². The lowest BCUT2D eigenvalue weighted by molar-refractivity contribution is -0.167. The van der Waals surface area contributed by atoms with Crippen LogP contribution in [0, 0.1) is 5.92 Å². The van der Waals surface area contributed by atoms with Crippen molar-refractivity contribution >= 4 is 17.9 Å². The molecule has 6 heteroatoms. The molecule has 0 heterocycles. The smallest absolute Gasteiger partial charge is 0.306 e. The molecular formula is C55H106O6. The molecule has 0 aliphatic carbocycles. The van der Waals surface area contributed by atoms with Crippen molar-refractivity contribution in [1.82, 2.24) is 0 Å². The molecule has 2 atom stereocenters. The number of esters is 3. The maximum absolute atomic E-state index is 12.8. The third-order valence-electron chi connectivity index (χ3n) is 12.9. The van der Waals surface area contributed by atoms with Gasteiger partial charge in [0, 0.05) is 19.3 Å². The van der Waals surface area contributed by atoms with Crippen molar-refractivity contribution in [2.24, 2.45) is 5.92 Å². The highest BCUT2D eigenvalue weighted by molar-refractivity contribution is 5.71. The van der Waals surface area contributed by atoms with Crippen LogP contribution in [0.25, 0.3) is 0 Å². The number of unbranched alkanes of at least 4 members (excludes halogenated alkanes) is 36. The van der Waals surface area contributed by atoms with Gasteiger partial charge in [-0.3, -0.25) is 14.4 Å². The van der Waals surface area contributed by atoms with Gasteiger partial charge < -0.3 is 14.2 Å².